The molecular weight excluding hydrogens is 430 g/mol. The van der Waals surface area contributed by atoms with Crippen LogP contribution in [0.3, 0.4) is 0 Å². The van der Waals surface area contributed by atoms with Gasteiger partial charge in [-0.05, 0) is 67.1 Å². The Morgan fingerprint density at radius 1 is 0.914 bits per heavy atom. The van der Waals surface area contributed by atoms with Crippen LogP contribution >= 0.6 is 0 Å². The molecule has 4 rings (SSSR count). The standard InChI is InChI=1S/C30H41N5/c1-3-15-31-18-20-35(21-19-32-17-14-27-8-5-7-26(6-1)22-27)25-29-12-10-28(11-13-29)23-33-24-30-9-2-4-16-34-30/h1-2,4-13,16,27,31-33H,3,14-15,17-25H2/b6-1-. The van der Waals surface area contributed by atoms with Gasteiger partial charge in [-0.25, -0.2) is 0 Å². The smallest absolute Gasteiger partial charge is 0.0541 e. The first kappa shape index (κ1) is 25.5. The molecule has 1 aliphatic carbocycles. The third-order valence-electron chi connectivity index (χ3n) is 6.70. The highest BCUT2D eigenvalue weighted by Gasteiger charge is 2.11. The molecule has 5 heteroatoms. The molecule has 186 valence electrons. The predicted octanol–water partition coefficient (Wildman–Crippen LogP) is 4.21. The van der Waals surface area contributed by atoms with Crippen molar-refractivity contribution in [3.8, 4) is 0 Å². The lowest BCUT2D eigenvalue weighted by atomic mass is 9.91. The molecule has 35 heavy (non-hydrogen) atoms. The lowest BCUT2D eigenvalue weighted by molar-refractivity contribution is 0.264. The summed E-state index contributed by atoms with van der Waals surface area (Å²) >= 11 is 0. The Balaban J connectivity index is 1.24. The zero-order valence-electron chi connectivity index (χ0n) is 21.0. The summed E-state index contributed by atoms with van der Waals surface area (Å²) in [6.45, 7) is 8.96. The Labute approximate surface area is 211 Å². The minimum Gasteiger partial charge on any atom is -0.315 e. The largest absolute Gasteiger partial charge is 0.315 e. The first-order valence-corrected chi connectivity index (χ1v) is 13.2. The molecule has 0 saturated carbocycles. The third-order valence-corrected chi connectivity index (χ3v) is 6.70. The summed E-state index contributed by atoms with van der Waals surface area (Å²) in [6.07, 6.45) is 16.8. The summed E-state index contributed by atoms with van der Waals surface area (Å²) < 4.78 is 0. The molecule has 0 amide bonds. The average molecular weight is 472 g/mol. The molecule has 2 heterocycles. The molecular formula is C30H41N5. The van der Waals surface area contributed by atoms with E-state index in [-0.39, 0.29) is 0 Å². The maximum absolute atomic E-state index is 4.37. The average Bonchev–Trinajstić information content (AvgIpc) is 2.89. The summed E-state index contributed by atoms with van der Waals surface area (Å²) in [5, 5.41) is 10.8. The molecule has 1 aliphatic heterocycles. The Hall–Kier alpha value is -2.57. The number of rotatable bonds is 6. The number of nitrogens with zero attached hydrogens (tertiary/aromatic N) is 2. The molecule has 0 fully saturated rings. The van der Waals surface area contributed by atoms with Gasteiger partial charge in [0.15, 0.2) is 0 Å². The molecule has 2 bridgehead atoms. The number of allylic oxidation sites excluding steroid dienone is 5. The summed E-state index contributed by atoms with van der Waals surface area (Å²) in [6, 6.07) is 15.1. The van der Waals surface area contributed by atoms with E-state index >= 15 is 0 Å². The molecule has 2 aliphatic rings. The van der Waals surface area contributed by atoms with E-state index in [4.69, 9.17) is 0 Å². The number of hydrogen-bond donors (Lipinski definition) is 3. The van der Waals surface area contributed by atoms with Gasteiger partial charge in [-0.15, -0.1) is 0 Å². The number of pyridine rings is 1. The van der Waals surface area contributed by atoms with E-state index in [0.29, 0.717) is 5.92 Å². The van der Waals surface area contributed by atoms with Gasteiger partial charge in [0, 0.05) is 52.0 Å². The maximum atomic E-state index is 4.37. The van der Waals surface area contributed by atoms with Gasteiger partial charge in [-0.1, -0.05) is 60.7 Å². The SMILES string of the molecule is C1=CC2CCNCCN(Cc3ccc(CNCc4ccccn4)cc3)CCNCC/C=C\C(=C1)C2. The second-order valence-corrected chi connectivity index (χ2v) is 9.59. The van der Waals surface area contributed by atoms with Crippen LogP contribution in [-0.4, -0.2) is 49.2 Å². The van der Waals surface area contributed by atoms with Crippen LogP contribution in [0, 0.1) is 5.92 Å². The second kappa shape index (κ2) is 14.7. The van der Waals surface area contributed by atoms with Crippen LogP contribution in [0.4, 0.5) is 0 Å². The molecule has 1 atom stereocenters. The summed E-state index contributed by atoms with van der Waals surface area (Å²) in [7, 11) is 0. The molecule has 2 aromatic rings. The lowest BCUT2D eigenvalue weighted by Crippen LogP contribution is -2.37. The van der Waals surface area contributed by atoms with Crippen LogP contribution in [-0.2, 0) is 19.6 Å². The minimum atomic E-state index is 0.659. The first-order chi connectivity index (χ1) is 17.3. The summed E-state index contributed by atoms with van der Waals surface area (Å²) in [5.41, 5.74) is 5.23. The summed E-state index contributed by atoms with van der Waals surface area (Å²) in [4.78, 5) is 6.94. The van der Waals surface area contributed by atoms with Gasteiger partial charge in [0.2, 0.25) is 0 Å². The van der Waals surface area contributed by atoms with Crippen molar-refractivity contribution in [1.82, 2.24) is 25.8 Å². The van der Waals surface area contributed by atoms with Crippen LogP contribution in [0.15, 0.2) is 84.6 Å². The van der Waals surface area contributed by atoms with Crippen molar-refractivity contribution in [1.29, 1.82) is 0 Å². The van der Waals surface area contributed by atoms with Gasteiger partial charge in [-0.2, -0.15) is 0 Å². The quantitative estimate of drug-likeness (QED) is 0.589. The molecule has 5 nitrogen and oxygen atoms in total. The van der Waals surface area contributed by atoms with E-state index in [9.17, 15) is 0 Å². The number of fused-ring (bicyclic) bond motifs is 2. The Morgan fingerprint density at radius 3 is 2.57 bits per heavy atom. The lowest BCUT2D eigenvalue weighted by Gasteiger charge is -2.24. The van der Waals surface area contributed by atoms with Crippen LogP contribution in [0.2, 0.25) is 0 Å². The molecule has 3 N–H and O–H groups in total. The van der Waals surface area contributed by atoms with Gasteiger partial charge in [0.1, 0.15) is 0 Å². The van der Waals surface area contributed by atoms with Crippen LogP contribution in [0.25, 0.3) is 0 Å². The molecule has 0 saturated heterocycles. The van der Waals surface area contributed by atoms with E-state index in [1.807, 2.05) is 18.3 Å². The highest BCUT2D eigenvalue weighted by molar-refractivity contribution is 5.28. The fraction of sp³-hybridized carbons (Fsp3) is 0.433. The second-order valence-electron chi connectivity index (χ2n) is 9.59. The van der Waals surface area contributed by atoms with Crippen molar-refractivity contribution < 1.29 is 0 Å². The zero-order valence-corrected chi connectivity index (χ0v) is 21.0. The minimum absolute atomic E-state index is 0.659. The monoisotopic (exact) mass is 471 g/mol. The molecule has 1 aromatic heterocycles. The first-order valence-electron chi connectivity index (χ1n) is 13.2. The van der Waals surface area contributed by atoms with Crippen molar-refractivity contribution in [2.45, 2.75) is 38.9 Å². The van der Waals surface area contributed by atoms with Gasteiger partial charge in [0.25, 0.3) is 0 Å². The fourth-order valence-electron chi connectivity index (χ4n) is 4.66. The fourth-order valence-corrected chi connectivity index (χ4v) is 4.66. The van der Waals surface area contributed by atoms with Crippen molar-refractivity contribution in [3.63, 3.8) is 0 Å². The van der Waals surface area contributed by atoms with E-state index in [0.717, 1.165) is 71.0 Å². The van der Waals surface area contributed by atoms with Crippen molar-refractivity contribution >= 4 is 0 Å². The third kappa shape index (κ3) is 9.54. The van der Waals surface area contributed by atoms with Gasteiger partial charge in [0.05, 0.1) is 5.69 Å². The van der Waals surface area contributed by atoms with Gasteiger partial charge < -0.3 is 16.0 Å². The Bertz CT molecular complexity index is 948. The topological polar surface area (TPSA) is 52.2 Å². The van der Waals surface area contributed by atoms with Gasteiger partial charge in [-0.3, -0.25) is 9.88 Å². The van der Waals surface area contributed by atoms with Crippen molar-refractivity contribution in [2.24, 2.45) is 5.92 Å². The Kier molecular flexibility index (Phi) is 10.8. The van der Waals surface area contributed by atoms with E-state index in [1.165, 1.54) is 29.5 Å². The van der Waals surface area contributed by atoms with Crippen LogP contribution in [0.5, 0.6) is 0 Å². The number of nitrogens with one attached hydrogen (secondary N) is 3. The molecule has 1 aromatic carbocycles. The highest BCUT2D eigenvalue weighted by Crippen LogP contribution is 2.22. The zero-order chi connectivity index (χ0) is 24.0. The van der Waals surface area contributed by atoms with Crippen molar-refractivity contribution in [3.05, 3.63) is 101 Å². The molecule has 0 radical (unpaired) electrons. The number of aromatic nitrogens is 1. The molecule has 1 unspecified atom stereocenters. The molecule has 0 spiro atoms. The summed E-state index contributed by atoms with van der Waals surface area (Å²) in [5.74, 6) is 0.659. The predicted molar refractivity (Wildman–Crippen MR) is 146 cm³/mol. The normalized spacial score (nSPS) is 21.4. The highest BCUT2D eigenvalue weighted by atomic mass is 15.1. The number of hydrogen-bond acceptors (Lipinski definition) is 5. The van der Waals surface area contributed by atoms with Crippen LogP contribution < -0.4 is 16.0 Å². The van der Waals surface area contributed by atoms with E-state index in [2.05, 4.69) is 86.5 Å². The van der Waals surface area contributed by atoms with E-state index in [1.54, 1.807) is 0 Å². The number of benzene rings is 1. The van der Waals surface area contributed by atoms with Crippen LogP contribution in [0.1, 0.15) is 36.1 Å². The maximum Gasteiger partial charge on any atom is 0.0541 e. The van der Waals surface area contributed by atoms with E-state index < -0.39 is 0 Å². The Morgan fingerprint density at radius 2 is 1.74 bits per heavy atom. The van der Waals surface area contributed by atoms with Crippen molar-refractivity contribution in [2.75, 3.05) is 39.3 Å². The van der Waals surface area contributed by atoms with Gasteiger partial charge >= 0.3 is 0 Å².